The Hall–Kier alpha value is -1.88. The lowest BCUT2D eigenvalue weighted by Crippen LogP contribution is -2.38. The summed E-state index contributed by atoms with van der Waals surface area (Å²) >= 11 is 0. The highest BCUT2D eigenvalue weighted by atomic mass is 16.4. The molecule has 0 radical (unpaired) electrons. The topological polar surface area (TPSA) is 69.6 Å². The van der Waals surface area contributed by atoms with E-state index in [0.29, 0.717) is 13.1 Å². The average Bonchev–Trinajstić information content (AvgIpc) is 2.74. The molecule has 132 valence electrons. The summed E-state index contributed by atoms with van der Waals surface area (Å²) in [6, 6.07) is 8.23. The van der Waals surface area contributed by atoms with Crippen LogP contribution in [0.4, 0.5) is 0 Å². The summed E-state index contributed by atoms with van der Waals surface area (Å²) in [6.07, 6.45) is 3.87. The monoisotopic (exact) mass is 332 g/mol. The number of likely N-dealkylation sites (tertiary alicyclic amines) is 1. The molecule has 1 aromatic rings. The Balaban J connectivity index is 1.68. The van der Waals surface area contributed by atoms with Crippen LogP contribution in [0.1, 0.15) is 36.8 Å². The van der Waals surface area contributed by atoms with Crippen molar-refractivity contribution in [2.45, 2.75) is 39.0 Å². The first kappa shape index (κ1) is 18.5. The number of aryl methyl sites for hydroxylation is 1. The number of carboxylic acids is 1. The molecular formula is C19H28N2O3. The molecule has 1 heterocycles. The summed E-state index contributed by atoms with van der Waals surface area (Å²) in [5, 5.41) is 11.9. The summed E-state index contributed by atoms with van der Waals surface area (Å²) in [5.41, 5.74) is 2.52. The highest BCUT2D eigenvalue weighted by Gasteiger charge is 2.20. The molecule has 5 nitrogen and oxygen atoms in total. The van der Waals surface area contributed by atoms with E-state index in [2.05, 4.69) is 29.3 Å². The second kappa shape index (κ2) is 9.42. The van der Waals surface area contributed by atoms with Crippen LogP contribution in [0.3, 0.4) is 0 Å². The molecule has 5 heteroatoms. The molecule has 1 unspecified atom stereocenters. The Morgan fingerprint density at radius 3 is 2.79 bits per heavy atom. The molecule has 2 rings (SSSR count). The number of carbonyl (C=O) groups excluding carboxylic acids is 1. The number of nitrogens with zero attached hydrogens (tertiary/aromatic N) is 1. The molecular weight excluding hydrogens is 304 g/mol. The molecule has 0 aliphatic carbocycles. The largest absolute Gasteiger partial charge is 0.481 e. The number of hydrogen-bond donors (Lipinski definition) is 2. The number of rotatable bonds is 7. The van der Waals surface area contributed by atoms with E-state index in [9.17, 15) is 9.59 Å². The van der Waals surface area contributed by atoms with Gasteiger partial charge in [-0.2, -0.15) is 0 Å². The van der Waals surface area contributed by atoms with E-state index < -0.39 is 5.97 Å². The molecule has 24 heavy (non-hydrogen) atoms. The Bertz CT molecular complexity index is 559. The van der Waals surface area contributed by atoms with E-state index in [0.717, 1.165) is 38.8 Å². The zero-order valence-corrected chi connectivity index (χ0v) is 14.5. The van der Waals surface area contributed by atoms with Gasteiger partial charge in [0, 0.05) is 13.0 Å². The van der Waals surface area contributed by atoms with E-state index in [1.807, 2.05) is 12.1 Å². The Morgan fingerprint density at radius 1 is 1.25 bits per heavy atom. The van der Waals surface area contributed by atoms with Gasteiger partial charge in [-0.25, -0.2) is 0 Å². The van der Waals surface area contributed by atoms with Gasteiger partial charge in [-0.05, 0) is 62.7 Å². The summed E-state index contributed by atoms with van der Waals surface area (Å²) in [5.74, 6) is -0.417. The van der Waals surface area contributed by atoms with Gasteiger partial charge in [0.2, 0.25) is 5.91 Å². The maximum absolute atomic E-state index is 12.1. The molecule has 2 N–H and O–H groups in total. The molecule has 1 aliphatic rings. The van der Waals surface area contributed by atoms with Crippen LogP contribution in [-0.4, -0.2) is 48.1 Å². The quantitative estimate of drug-likeness (QED) is 0.803. The van der Waals surface area contributed by atoms with Crippen molar-refractivity contribution < 1.29 is 14.7 Å². The third-order valence-electron chi connectivity index (χ3n) is 4.75. The van der Waals surface area contributed by atoms with Crippen LogP contribution in [0.2, 0.25) is 0 Å². The second-order valence-electron chi connectivity index (χ2n) is 6.70. The summed E-state index contributed by atoms with van der Waals surface area (Å²) in [7, 11) is 0. The van der Waals surface area contributed by atoms with Crippen molar-refractivity contribution >= 4 is 11.9 Å². The van der Waals surface area contributed by atoms with Crippen LogP contribution in [0, 0.1) is 12.8 Å². The average molecular weight is 332 g/mol. The summed E-state index contributed by atoms with van der Waals surface area (Å²) in [4.78, 5) is 25.1. The molecule has 1 aromatic carbocycles. The SMILES string of the molecule is Cc1ccccc1CCNC(=O)CN1CCCC(CC(=O)O)CC1. The number of carbonyl (C=O) groups is 2. The summed E-state index contributed by atoms with van der Waals surface area (Å²) in [6.45, 7) is 4.83. The van der Waals surface area contributed by atoms with Crippen molar-refractivity contribution in [2.75, 3.05) is 26.2 Å². The van der Waals surface area contributed by atoms with Gasteiger partial charge in [-0.15, -0.1) is 0 Å². The maximum atomic E-state index is 12.1. The van der Waals surface area contributed by atoms with Crippen LogP contribution in [0.25, 0.3) is 0 Å². The number of hydrogen-bond acceptors (Lipinski definition) is 3. The third-order valence-corrected chi connectivity index (χ3v) is 4.75. The van der Waals surface area contributed by atoms with Crippen molar-refractivity contribution in [3.05, 3.63) is 35.4 Å². The van der Waals surface area contributed by atoms with E-state index in [-0.39, 0.29) is 18.2 Å². The van der Waals surface area contributed by atoms with Gasteiger partial charge in [0.05, 0.1) is 6.54 Å². The fourth-order valence-corrected chi connectivity index (χ4v) is 3.32. The minimum absolute atomic E-state index is 0.0558. The minimum Gasteiger partial charge on any atom is -0.481 e. The van der Waals surface area contributed by atoms with Crippen molar-refractivity contribution in [1.82, 2.24) is 10.2 Å². The molecule has 0 aromatic heterocycles. The second-order valence-corrected chi connectivity index (χ2v) is 6.70. The predicted molar refractivity (Wildman–Crippen MR) is 93.9 cm³/mol. The van der Waals surface area contributed by atoms with Crippen LogP contribution >= 0.6 is 0 Å². The molecule has 1 amide bonds. The molecule has 0 spiro atoms. The zero-order chi connectivity index (χ0) is 17.4. The lowest BCUT2D eigenvalue weighted by molar-refractivity contribution is -0.138. The van der Waals surface area contributed by atoms with Crippen LogP contribution in [0.15, 0.2) is 24.3 Å². The first-order chi connectivity index (χ1) is 11.5. The number of carboxylic acid groups (broad SMARTS) is 1. The Kier molecular flexibility index (Phi) is 7.25. The van der Waals surface area contributed by atoms with Gasteiger partial charge in [0.25, 0.3) is 0 Å². The minimum atomic E-state index is -0.720. The number of benzene rings is 1. The van der Waals surface area contributed by atoms with Crippen LogP contribution in [0.5, 0.6) is 0 Å². The van der Waals surface area contributed by atoms with E-state index in [1.165, 1.54) is 11.1 Å². The van der Waals surface area contributed by atoms with Crippen LogP contribution < -0.4 is 5.32 Å². The van der Waals surface area contributed by atoms with Crippen molar-refractivity contribution in [1.29, 1.82) is 0 Å². The number of nitrogens with one attached hydrogen (secondary N) is 1. The van der Waals surface area contributed by atoms with Gasteiger partial charge in [0.1, 0.15) is 0 Å². The normalized spacial score (nSPS) is 18.8. The molecule has 1 atom stereocenters. The van der Waals surface area contributed by atoms with Crippen molar-refractivity contribution in [3.8, 4) is 0 Å². The van der Waals surface area contributed by atoms with Crippen molar-refractivity contribution in [3.63, 3.8) is 0 Å². The highest BCUT2D eigenvalue weighted by molar-refractivity contribution is 5.78. The van der Waals surface area contributed by atoms with Crippen LogP contribution in [-0.2, 0) is 16.0 Å². The molecule has 1 fully saturated rings. The van der Waals surface area contributed by atoms with E-state index in [4.69, 9.17) is 5.11 Å². The van der Waals surface area contributed by atoms with Gasteiger partial charge in [-0.3, -0.25) is 14.5 Å². The first-order valence-corrected chi connectivity index (χ1v) is 8.80. The fraction of sp³-hybridized carbons (Fsp3) is 0.579. The maximum Gasteiger partial charge on any atom is 0.303 e. The van der Waals surface area contributed by atoms with Gasteiger partial charge >= 0.3 is 5.97 Å². The Morgan fingerprint density at radius 2 is 2.04 bits per heavy atom. The van der Waals surface area contributed by atoms with Crippen molar-refractivity contribution in [2.24, 2.45) is 5.92 Å². The fourth-order valence-electron chi connectivity index (χ4n) is 3.32. The number of amides is 1. The first-order valence-electron chi connectivity index (χ1n) is 8.80. The molecule has 0 saturated carbocycles. The van der Waals surface area contributed by atoms with E-state index in [1.54, 1.807) is 0 Å². The standard InChI is InChI=1S/C19H28N2O3/c1-15-5-2-3-7-17(15)8-10-20-18(22)14-21-11-4-6-16(9-12-21)13-19(23)24/h2-3,5,7,16H,4,6,8-14H2,1H3,(H,20,22)(H,23,24). The molecule has 0 bridgehead atoms. The van der Waals surface area contributed by atoms with Gasteiger partial charge < -0.3 is 10.4 Å². The lowest BCUT2D eigenvalue weighted by atomic mass is 9.97. The van der Waals surface area contributed by atoms with E-state index >= 15 is 0 Å². The molecule has 1 aliphatic heterocycles. The lowest BCUT2D eigenvalue weighted by Gasteiger charge is -2.19. The highest BCUT2D eigenvalue weighted by Crippen LogP contribution is 2.20. The Labute approximate surface area is 144 Å². The molecule has 1 saturated heterocycles. The van der Waals surface area contributed by atoms with Gasteiger partial charge in [0.15, 0.2) is 0 Å². The smallest absolute Gasteiger partial charge is 0.303 e. The predicted octanol–water partition coefficient (Wildman–Crippen LogP) is 2.23. The summed E-state index contributed by atoms with van der Waals surface area (Å²) < 4.78 is 0. The zero-order valence-electron chi connectivity index (χ0n) is 14.5. The number of aliphatic carboxylic acids is 1. The third kappa shape index (κ3) is 6.32. The van der Waals surface area contributed by atoms with Gasteiger partial charge in [-0.1, -0.05) is 24.3 Å².